The number of hydrogen-bond donors (Lipinski definition) is 2. The molecule has 0 radical (unpaired) electrons. The molecule has 0 spiro atoms. The molecule has 2 N–H and O–H groups in total. The van der Waals surface area contributed by atoms with Crippen molar-refractivity contribution in [3.63, 3.8) is 0 Å². The first kappa shape index (κ1) is 19.0. The summed E-state index contributed by atoms with van der Waals surface area (Å²) in [6, 6.07) is -0.424. The molecule has 1 aliphatic rings. The molecule has 1 atom stereocenters. The van der Waals surface area contributed by atoms with Crippen LogP contribution < -0.4 is 5.32 Å². The molecule has 0 bridgehead atoms. The number of carbonyl (C=O) groups excluding carboxylic acids is 2. The summed E-state index contributed by atoms with van der Waals surface area (Å²) in [4.78, 5) is 33.4. The minimum absolute atomic E-state index is 0.0675. The smallest absolute Gasteiger partial charge is 0.243 e. The molecule has 0 aliphatic carbocycles. The van der Waals surface area contributed by atoms with Crippen LogP contribution in [-0.4, -0.2) is 45.8 Å². The van der Waals surface area contributed by atoms with E-state index in [0.717, 1.165) is 17.7 Å². The van der Waals surface area contributed by atoms with Gasteiger partial charge in [0.25, 0.3) is 0 Å². The van der Waals surface area contributed by atoms with E-state index in [2.05, 4.69) is 21.9 Å². The Morgan fingerprint density at radius 1 is 1.52 bits per heavy atom. The van der Waals surface area contributed by atoms with Crippen LogP contribution in [0, 0.1) is 0 Å². The lowest BCUT2D eigenvalue weighted by Gasteiger charge is -2.24. The molecule has 25 heavy (non-hydrogen) atoms. The summed E-state index contributed by atoms with van der Waals surface area (Å²) >= 11 is 5.80. The molecule has 2 amide bonds. The second-order valence-electron chi connectivity index (χ2n) is 5.92. The summed E-state index contributed by atoms with van der Waals surface area (Å²) in [6.07, 6.45) is 10.1. The number of likely N-dealkylation sites (tertiary alicyclic amines) is 1. The number of rotatable bonds is 7. The predicted octanol–water partition coefficient (Wildman–Crippen LogP) is 2.31. The summed E-state index contributed by atoms with van der Waals surface area (Å²) in [6.45, 7) is 6.46. The Bertz CT molecular complexity index is 675. The van der Waals surface area contributed by atoms with Crippen LogP contribution in [0.4, 0.5) is 0 Å². The lowest BCUT2D eigenvalue weighted by atomic mass is 10.1. The van der Waals surface area contributed by atoms with E-state index in [1.807, 2.05) is 6.08 Å². The molecule has 1 fully saturated rings. The fourth-order valence-electron chi connectivity index (χ4n) is 2.71. The number of allylic oxidation sites excluding steroid dienone is 3. The monoisotopic (exact) mass is 362 g/mol. The third-order valence-electron chi connectivity index (χ3n) is 4.03. The van der Waals surface area contributed by atoms with Gasteiger partial charge < -0.3 is 15.2 Å². The van der Waals surface area contributed by atoms with E-state index in [1.165, 1.54) is 6.33 Å². The van der Waals surface area contributed by atoms with Crippen molar-refractivity contribution >= 4 is 23.4 Å². The first-order valence-electron chi connectivity index (χ1n) is 8.21. The number of carbonyl (C=O) groups is 2. The largest absolute Gasteiger partial charge is 0.350 e. The average Bonchev–Trinajstić information content (AvgIpc) is 3.25. The van der Waals surface area contributed by atoms with Crippen LogP contribution in [0.1, 0.15) is 25.5 Å². The standard InChI is InChI=1S/C18H23ClN4O2/c1-3-14(7-6-13(2)19)10-21-18(25)16-5-4-8-23(16)17(24)9-15-11-20-12-22-15/h3,6-7,11-12,16H,1,4-5,8-10H2,2H3,(H,20,22)(H,21,25)/b13-6+,14-7+/t16-/m0/s1. The molecule has 0 aromatic carbocycles. The van der Waals surface area contributed by atoms with E-state index >= 15 is 0 Å². The lowest BCUT2D eigenvalue weighted by molar-refractivity contribution is -0.137. The molecule has 0 saturated carbocycles. The lowest BCUT2D eigenvalue weighted by Crippen LogP contribution is -2.46. The van der Waals surface area contributed by atoms with Gasteiger partial charge in [-0.05, 0) is 31.4 Å². The quantitative estimate of drug-likeness (QED) is 0.730. The molecule has 6 nitrogen and oxygen atoms in total. The van der Waals surface area contributed by atoms with Gasteiger partial charge in [-0.2, -0.15) is 0 Å². The Morgan fingerprint density at radius 2 is 2.32 bits per heavy atom. The number of imidazole rings is 1. The first-order valence-corrected chi connectivity index (χ1v) is 8.59. The Hall–Kier alpha value is -2.34. The molecule has 1 saturated heterocycles. The van der Waals surface area contributed by atoms with Crippen molar-refractivity contribution in [3.05, 3.63) is 53.6 Å². The Labute approximate surface area is 152 Å². The van der Waals surface area contributed by atoms with E-state index in [-0.39, 0.29) is 18.2 Å². The van der Waals surface area contributed by atoms with Crippen molar-refractivity contribution in [3.8, 4) is 0 Å². The van der Waals surface area contributed by atoms with Gasteiger partial charge in [-0.3, -0.25) is 9.59 Å². The number of H-pyrrole nitrogens is 1. The molecule has 2 heterocycles. The molecular weight excluding hydrogens is 340 g/mol. The van der Waals surface area contributed by atoms with Gasteiger partial charge in [-0.25, -0.2) is 4.98 Å². The van der Waals surface area contributed by atoms with Gasteiger partial charge in [-0.15, -0.1) is 0 Å². The van der Waals surface area contributed by atoms with Crippen molar-refractivity contribution in [2.75, 3.05) is 13.1 Å². The second kappa shape index (κ2) is 9.22. The highest BCUT2D eigenvalue weighted by molar-refractivity contribution is 6.29. The normalized spacial score (nSPS) is 18.3. The molecule has 0 unspecified atom stereocenters. The van der Waals surface area contributed by atoms with E-state index in [4.69, 9.17) is 11.6 Å². The number of nitrogens with zero attached hydrogens (tertiary/aromatic N) is 2. The third-order valence-corrected chi connectivity index (χ3v) is 4.15. The van der Waals surface area contributed by atoms with Crippen molar-refractivity contribution in [1.29, 1.82) is 0 Å². The van der Waals surface area contributed by atoms with Crippen LogP contribution in [-0.2, 0) is 16.0 Å². The zero-order chi connectivity index (χ0) is 18.2. The Balaban J connectivity index is 1.93. The van der Waals surface area contributed by atoms with E-state index in [1.54, 1.807) is 30.2 Å². The maximum Gasteiger partial charge on any atom is 0.243 e. The molecule has 7 heteroatoms. The fourth-order valence-corrected chi connectivity index (χ4v) is 2.77. The van der Waals surface area contributed by atoms with Gasteiger partial charge in [0.2, 0.25) is 11.8 Å². The molecule has 1 aromatic heterocycles. The van der Waals surface area contributed by atoms with Crippen LogP contribution in [0.3, 0.4) is 0 Å². The third kappa shape index (κ3) is 5.60. The first-order chi connectivity index (χ1) is 12.0. The van der Waals surface area contributed by atoms with Crippen molar-refractivity contribution in [1.82, 2.24) is 20.2 Å². The van der Waals surface area contributed by atoms with Crippen LogP contribution in [0.2, 0.25) is 0 Å². The van der Waals surface area contributed by atoms with Crippen LogP contribution >= 0.6 is 11.6 Å². The molecule has 1 aliphatic heterocycles. The summed E-state index contributed by atoms with van der Waals surface area (Å²) in [5.41, 5.74) is 1.60. The van der Waals surface area contributed by atoms with Gasteiger partial charge in [0.15, 0.2) is 0 Å². The van der Waals surface area contributed by atoms with Crippen molar-refractivity contribution < 1.29 is 9.59 Å². The number of hydrogen-bond acceptors (Lipinski definition) is 3. The minimum Gasteiger partial charge on any atom is -0.350 e. The summed E-state index contributed by atoms with van der Waals surface area (Å²) in [5.74, 6) is -0.211. The Morgan fingerprint density at radius 3 is 2.96 bits per heavy atom. The van der Waals surface area contributed by atoms with Crippen LogP contribution in [0.5, 0.6) is 0 Å². The maximum absolute atomic E-state index is 12.5. The van der Waals surface area contributed by atoms with Gasteiger partial charge >= 0.3 is 0 Å². The van der Waals surface area contributed by atoms with Gasteiger partial charge in [0, 0.05) is 30.0 Å². The maximum atomic E-state index is 12.5. The molecular formula is C18H23ClN4O2. The number of halogens is 1. The molecule has 2 rings (SSSR count). The van der Waals surface area contributed by atoms with E-state index in [9.17, 15) is 9.59 Å². The number of aromatic nitrogens is 2. The predicted molar refractivity (Wildman–Crippen MR) is 97.9 cm³/mol. The number of aromatic amines is 1. The highest BCUT2D eigenvalue weighted by Gasteiger charge is 2.33. The second-order valence-corrected chi connectivity index (χ2v) is 6.51. The van der Waals surface area contributed by atoms with Crippen LogP contribution in [0.15, 0.2) is 47.9 Å². The van der Waals surface area contributed by atoms with Gasteiger partial charge in [0.05, 0.1) is 12.7 Å². The molecule has 134 valence electrons. The zero-order valence-corrected chi connectivity index (χ0v) is 15.1. The summed E-state index contributed by atoms with van der Waals surface area (Å²) in [7, 11) is 0. The van der Waals surface area contributed by atoms with Crippen molar-refractivity contribution in [2.24, 2.45) is 0 Å². The fraction of sp³-hybridized carbons (Fsp3) is 0.389. The zero-order valence-electron chi connectivity index (χ0n) is 14.3. The number of amides is 2. The van der Waals surface area contributed by atoms with Crippen LogP contribution in [0.25, 0.3) is 0 Å². The summed E-state index contributed by atoms with van der Waals surface area (Å²) in [5, 5.41) is 3.53. The topological polar surface area (TPSA) is 78.1 Å². The van der Waals surface area contributed by atoms with Gasteiger partial charge in [0.1, 0.15) is 6.04 Å². The van der Waals surface area contributed by atoms with Gasteiger partial charge in [-0.1, -0.05) is 30.3 Å². The highest BCUT2D eigenvalue weighted by Crippen LogP contribution is 2.18. The highest BCUT2D eigenvalue weighted by atomic mass is 35.5. The van der Waals surface area contributed by atoms with E-state index in [0.29, 0.717) is 24.5 Å². The SMILES string of the molecule is C=C/C(=C\C=C(/C)Cl)CNC(=O)[C@@H]1CCCN1C(=O)Cc1cnc[nH]1. The Kier molecular flexibility index (Phi) is 7.01. The molecule has 1 aromatic rings. The summed E-state index contributed by atoms with van der Waals surface area (Å²) < 4.78 is 0. The average molecular weight is 363 g/mol. The van der Waals surface area contributed by atoms with E-state index < -0.39 is 6.04 Å². The van der Waals surface area contributed by atoms with Crippen molar-refractivity contribution in [2.45, 2.75) is 32.2 Å². The minimum atomic E-state index is -0.424. The number of nitrogens with one attached hydrogen (secondary N) is 2.